The Morgan fingerprint density at radius 2 is 1.76 bits per heavy atom. The number of carboxylic acids is 2. The Hall–Kier alpha value is -2.41. The van der Waals surface area contributed by atoms with Gasteiger partial charge in [-0.25, -0.2) is 9.18 Å². The molecule has 1 spiro atoms. The summed E-state index contributed by atoms with van der Waals surface area (Å²) in [5.74, 6) is -5.98. The third kappa shape index (κ3) is 5.43. The van der Waals surface area contributed by atoms with E-state index in [4.69, 9.17) is 33.1 Å². The van der Waals surface area contributed by atoms with Gasteiger partial charge >= 0.3 is 18.1 Å². The Balaban J connectivity index is 0.000000479. The summed E-state index contributed by atoms with van der Waals surface area (Å²) in [6, 6.07) is 4.41. The van der Waals surface area contributed by atoms with Crippen LogP contribution in [0.2, 0.25) is 9.36 Å². The molecule has 2 aliphatic rings. The number of amides is 1. The Kier molecular flexibility index (Phi) is 7.92. The second kappa shape index (κ2) is 10.0. The van der Waals surface area contributed by atoms with Crippen molar-refractivity contribution >= 4 is 58.1 Å². The molecule has 1 aromatic heterocycles. The molecule has 0 aliphatic carbocycles. The summed E-state index contributed by atoms with van der Waals surface area (Å²) >= 11 is 13.5. The monoisotopic (exact) mass is 584 g/mol. The maximum atomic E-state index is 15.2. The van der Waals surface area contributed by atoms with Crippen molar-refractivity contribution in [3.63, 3.8) is 0 Å². The molecule has 4 rings (SSSR count). The quantitative estimate of drug-likeness (QED) is 0.346. The average Bonchev–Trinajstić information content (AvgIpc) is 3.34. The van der Waals surface area contributed by atoms with Crippen molar-refractivity contribution in [1.29, 1.82) is 0 Å². The normalized spacial score (nSPS) is 24.9. The molecule has 7 nitrogen and oxygen atoms in total. The standard InChI is InChI=1S/C21H21Cl2FN2O3S.C2HF3O2/c1-20(2,3)8-12-21(17-11(25-19(21)29)7-13(23)30-17)14(16(26-12)18(27)28)9-5-4-6-10(22)15(9)24;3-2(4,5)1(6)7/h4-7,12,14,16,26H,8H2,1-3H3,(H,25,29)(H,27,28);(H,6,7)/t12-,14-,16+,21+;/m0./s1. The summed E-state index contributed by atoms with van der Waals surface area (Å²) in [6.07, 6.45) is -4.59. The molecule has 2 aliphatic heterocycles. The molecule has 4 atom stereocenters. The molecule has 1 aromatic carbocycles. The zero-order valence-electron chi connectivity index (χ0n) is 19.5. The minimum atomic E-state index is -5.08. The van der Waals surface area contributed by atoms with Crippen LogP contribution in [0.5, 0.6) is 0 Å². The predicted octanol–water partition coefficient (Wildman–Crippen LogP) is 5.66. The van der Waals surface area contributed by atoms with Crippen molar-refractivity contribution in [3.8, 4) is 0 Å². The highest BCUT2D eigenvalue weighted by molar-refractivity contribution is 7.17. The van der Waals surface area contributed by atoms with E-state index in [-0.39, 0.29) is 21.9 Å². The van der Waals surface area contributed by atoms with Gasteiger partial charge in [0.15, 0.2) is 0 Å². The number of hydrogen-bond acceptors (Lipinski definition) is 5. The summed E-state index contributed by atoms with van der Waals surface area (Å²) < 4.78 is 47.4. The number of thiophene rings is 1. The third-order valence-electron chi connectivity index (χ3n) is 6.10. The number of anilines is 1. The van der Waals surface area contributed by atoms with Crippen LogP contribution in [0.15, 0.2) is 24.3 Å². The van der Waals surface area contributed by atoms with Crippen LogP contribution in [0.3, 0.4) is 0 Å². The number of hydrogen-bond donors (Lipinski definition) is 4. The number of rotatable bonds is 3. The predicted molar refractivity (Wildman–Crippen MR) is 130 cm³/mol. The van der Waals surface area contributed by atoms with E-state index in [0.717, 1.165) is 0 Å². The van der Waals surface area contributed by atoms with E-state index in [1.807, 2.05) is 20.8 Å². The van der Waals surface area contributed by atoms with Crippen LogP contribution in [-0.4, -0.2) is 46.3 Å². The summed E-state index contributed by atoms with van der Waals surface area (Å²) in [7, 11) is 0. The number of carbonyl (C=O) groups excluding carboxylic acids is 1. The molecule has 1 fully saturated rings. The van der Waals surface area contributed by atoms with Crippen molar-refractivity contribution < 1.29 is 42.2 Å². The molecule has 202 valence electrons. The van der Waals surface area contributed by atoms with Gasteiger partial charge in [-0.1, -0.05) is 56.1 Å². The molecule has 0 unspecified atom stereocenters. The lowest BCUT2D eigenvalue weighted by atomic mass is 9.65. The van der Waals surface area contributed by atoms with Gasteiger partial charge in [0.2, 0.25) is 5.91 Å². The highest BCUT2D eigenvalue weighted by Crippen LogP contribution is 2.59. The zero-order valence-corrected chi connectivity index (χ0v) is 21.9. The largest absolute Gasteiger partial charge is 0.490 e. The highest BCUT2D eigenvalue weighted by atomic mass is 35.5. The van der Waals surface area contributed by atoms with Gasteiger partial charge in [-0.2, -0.15) is 13.2 Å². The first-order valence-corrected chi connectivity index (χ1v) is 12.3. The molecule has 0 bridgehead atoms. The van der Waals surface area contributed by atoms with Gasteiger partial charge in [-0.05, 0) is 29.5 Å². The Morgan fingerprint density at radius 3 is 2.27 bits per heavy atom. The lowest BCUT2D eigenvalue weighted by molar-refractivity contribution is -0.192. The van der Waals surface area contributed by atoms with Crippen LogP contribution in [0.25, 0.3) is 0 Å². The number of fused-ring (bicyclic) bond motifs is 2. The lowest BCUT2D eigenvalue weighted by Crippen LogP contribution is -2.49. The summed E-state index contributed by atoms with van der Waals surface area (Å²) in [4.78, 5) is 35.3. The van der Waals surface area contributed by atoms with Gasteiger partial charge in [-0.3, -0.25) is 14.9 Å². The number of halogens is 6. The topological polar surface area (TPSA) is 116 Å². The molecule has 14 heteroatoms. The van der Waals surface area contributed by atoms with Crippen LogP contribution in [0.1, 0.15) is 43.6 Å². The van der Waals surface area contributed by atoms with Gasteiger partial charge in [-0.15, -0.1) is 11.3 Å². The van der Waals surface area contributed by atoms with E-state index in [1.54, 1.807) is 12.1 Å². The highest BCUT2D eigenvalue weighted by Gasteiger charge is 2.67. The van der Waals surface area contributed by atoms with Gasteiger partial charge in [0.05, 0.1) is 15.0 Å². The van der Waals surface area contributed by atoms with Gasteiger partial charge in [0.1, 0.15) is 17.3 Å². The first-order valence-electron chi connectivity index (χ1n) is 10.8. The fourth-order valence-electron chi connectivity index (χ4n) is 4.84. The van der Waals surface area contributed by atoms with Crippen LogP contribution >= 0.6 is 34.5 Å². The van der Waals surface area contributed by atoms with Crippen molar-refractivity contribution in [3.05, 3.63) is 49.9 Å². The Bertz CT molecular complexity index is 1250. The van der Waals surface area contributed by atoms with E-state index in [9.17, 15) is 27.9 Å². The molecule has 1 amide bonds. The van der Waals surface area contributed by atoms with E-state index < -0.39 is 47.3 Å². The molecule has 3 heterocycles. The fraction of sp³-hybridized carbons (Fsp3) is 0.435. The third-order valence-corrected chi connectivity index (χ3v) is 7.80. The number of nitrogens with one attached hydrogen (secondary N) is 2. The van der Waals surface area contributed by atoms with E-state index in [1.165, 1.54) is 23.5 Å². The van der Waals surface area contributed by atoms with E-state index in [0.29, 0.717) is 21.3 Å². The van der Waals surface area contributed by atoms with Crippen molar-refractivity contribution in [2.24, 2.45) is 5.41 Å². The fourth-order valence-corrected chi connectivity index (χ4v) is 6.49. The first kappa shape index (κ1) is 29.2. The summed E-state index contributed by atoms with van der Waals surface area (Å²) in [5.41, 5.74) is -0.894. The molecule has 4 N–H and O–H groups in total. The van der Waals surface area contributed by atoms with Crippen molar-refractivity contribution in [2.75, 3.05) is 5.32 Å². The molecule has 0 saturated carbocycles. The van der Waals surface area contributed by atoms with Crippen LogP contribution in [0, 0.1) is 11.2 Å². The molecular formula is C23H22Cl2F4N2O5S. The minimum Gasteiger partial charge on any atom is -0.480 e. The molecule has 0 radical (unpaired) electrons. The van der Waals surface area contributed by atoms with Gasteiger partial charge < -0.3 is 15.5 Å². The smallest absolute Gasteiger partial charge is 0.480 e. The van der Waals surface area contributed by atoms with Crippen molar-refractivity contribution in [1.82, 2.24) is 5.32 Å². The Labute approximate surface area is 222 Å². The number of carboxylic acid groups (broad SMARTS) is 2. The average molecular weight is 585 g/mol. The van der Waals surface area contributed by atoms with E-state index in [2.05, 4.69) is 10.6 Å². The minimum absolute atomic E-state index is 0.103. The number of benzene rings is 1. The van der Waals surface area contributed by atoms with Crippen LogP contribution in [0.4, 0.5) is 23.2 Å². The van der Waals surface area contributed by atoms with Crippen LogP contribution < -0.4 is 10.6 Å². The van der Waals surface area contributed by atoms with E-state index >= 15 is 4.39 Å². The maximum absolute atomic E-state index is 15.2. The van der Waals surface area contributed by atoms with Gasteiger partial charge in [0, 0.05) is 16.8 Å². The Morgan fingerprint density at radius 1 is 1.16 bits per heavy atom. The lowest BCUT2D eigenvalue weighted by Gasteiger charge is -2.36. The summed E-state index contributed by atoms with van der Waals surface area (Å²) in [6.45, 7) is 6.04. The first-order chi connectivity index (χ1) is 16.9. The molecule has 1 saturated heterocycles. The van der Waals surface area contributed by atoms with Crippen molar-refractivity contribution in [2.45, 2.75) is 56.8 Å². The van der Waals surface area contributed by atoms with Crippen LogP contribution in [-0.2, 0) is 19.8 Å². The number of aliphatic carboxylic acids is 2. The second-order valence-corrected chi connectivity index (χ2v) is 11.9. The number of carbonyl (C=O) groups is 3. The second-order valence-electron chi connectivity index (χ2n) is 9.84. The zero-order chi connectivity index (χ0) is 28.1. The molecule has 37 heavy (non-hydrogen) atoms. The molecular weight excluding hydrogens is 563 g/mol. The maximum Gasteiger partial charge on any atom is 0.490 e. The number of alkyl halides is 3. The molecule has 2 aromatic rings. The van der Waals surface area contributed by atoms with Gasteiger partial charge in [0.25, 0.3) is 0 Å². The SMILES string of the molecule is CC(C)(C)C[C@@H]1N[C@@H](C(=O)O)[C@H](c2cccc(Cl)c2F)[C@]12C(=O)Nc1cc(Cl)sc12.O=C(O)C(F)(F)F. The summed E-state index contributed by atoms with van der Waals surface area (Å²) in [5, 5.41) is 23.0.